The van der Waals surface area contributed by atoms with Crippen LogP contribution in [0, 0.1) is 13.8 Å². The zero-order valence-corrected chi connectivity index (χ0v) is 17.3. The third kappa shape index (κ3) is 4.57. The number of amides is 1. The first kappa shape index (κ1) is 20.0. The van der Waals surface area contributed by atoms with Crippen molar-refractivity contribution in [3.05, 3.63) is 81.8 Å². The molecule has 0 spiro atoms. The van der Waals surface area contributed by atoms with Gasteiger partial charge in [0.1, 0.15) is 18.1 Å². The first-order valence-corrected chi connectivity index (χ1v) is 9.61. The Labute approximate surface area is 170 Å². The van der Waals surface area contributed by atoms with E-state index in [4.69, 9.17) is 20.8 Å². The predicted molar refractivity (Wildman–Crippen MR) is 112 cm³/mol. The third-order valence-corrected chi connectivity index (χ3v) is 4.97. The van der Waals surface area contributed by atoms with E-state index in [1.807, 2.05) is 19.9 Å². The van der Waals surface area contributed by atoms with Crippen LogP contribution in [0.1, 0.15) is 52.8 Å². The quantitative estimate of drug-likeness (QED) is 0.516. The molecule has 0 aliphatic heterocycles. The maximum Gasteiger partial charge on any atom is 0.291 e. The predicted octanol–water partition coefficient (Wildman–Crippen LogP) is 6.50. The normalized spacial score (nSPS) is 10.9. The molecule has 3 rings (SSSR count). The van der Waals surface area contributed by atoms with Crippen molar-refractivity contribution in [2.75, 3.05) is 5.32 Å². The van der Waals surface area contributed by atoms with E-state index in [0.29, 0.717) is 22.4 Å². The van der Waals surface area contributed by atoms with Gasteiger partial charge in [-0.3, -0.25) is 4.79 Å². The first-order valence-electron chi connectivity index (χ1n) is 9.23. The van der Waals surface area contributed by atoms with Gasteiger partial charge in [-0.05, 0) is 66.8 Å². The van der Waals surface area contributed by atoms with Gasteiger partial charge in [-0.1, -0.05) is 43.6 Å². The van der Waals surface area contributed by atoms with Gasteiger partial charge in [0.05, 0.1) is 0 Å². The fraction of sp³-hybridized carbons (Fsp3) is 0.261. The van der Waals surface area contributed by atoms with Crippen LogP contribution < -0.4 is 10.1 Å². The molecular weight excluding hydrogens is 374 g/mol. The number of benzene rings is 2. The second-order valence-electron chi connectivity index (χ2n) is 7.12. The topological polar surface area (TPSA) is 51.5 Å². The largest absolute Gasteiger partial charge is 0.485 e. The molecule has 0 atom stereocenters. The Balaban J connectivity index is 1.68. The van der Waals surface area contributed by atoms with E-state index < -0.39 is 0 Å². The maximum absolute atomic E-state index is 12.5. The van der Waals surface area contributed by atoms with Crippen LogP contribution in [0.5, 0.6) is 5.75 Å². The molecule has 28 heavy (non-hydrogen) atoms. The summed E-state index contributed by atoms with van der Waals surface area (Å²) in [7, 11) is 0. The smallest absolute Gasteiger partial charge is 0.291 e. The summed E-state index contributed by atoms with van der Waals surface area (Å²) < 4.78 is 11.6. The van der Waals surface area contributed by atoms with Gasteiger partial charge in [-0.15, -0.1) is 0 Å². The molecule has 1 heterocycles. The van der Waals surface area contributed by atoms with E-state index in [0.717, 1.165) is 22.4 Å². The van der Waals surface area contributed by atoms with Gasteiger partial charge in [0.2, 0.25) is 0 Å². The SMILES string of the molecule is Cc1ccc(C(C)C)c(OCc2ccc(C(=O)Nc3cccc(Cl)c3C)o2)c1. The Morgan fingerprint density at radius 2 is 1.93 bits per heavy atom. The molecule has 0 saturated carbocycles. The highest BCUT2D eigenvalue weighted by Gasteiger charge is 2.14. The summed E-state index contributed by atoms with van der Waals surface area (Å²) in [5.41, 5.74) is 3.75. The molecule has 0 saturated heterocycles. The lowest BCUT2D eigenvalue weighted by Crippen LogP contribution is -2.12. The first-order chi connectivity index (χ1) is 13.3. The molecule has 4 nitrogen and oxygen atoms in total. The summed E-state index contributed by atoms with van der Waals surface area (Å²) in [4.78, 5) is 12.5. The molecule has 1 aromatic heterocycles. The van der Waals surface area contributed by atoms with Crippen molar-refractivity contribution >= 4 is 23.2 Å². The number of anilines is 1. The molecule has 3 aromatic rings. The Bertz CT molecular complexity index is 991. The highest BCUT2D eigenvalue weighted by atomic mass is 35.5. The third-order valence-electron chi connectivity index (χ3n) is 4.56. The molecule has 2 aromatic carbocycles. The second kappa shape index (κ2) is 8.53. The zero-order valence-electron chi connectivity index (χ0n) is 16.5. The maximum atomic E-state index is 12.5. The van der Waals surface area contributed by atoms with E-state index in [-0.39, 0.29) is 18.3 Å². The lowest BCUT2D eigenvalue weighted by Gasteiger charge is -2.14. The number of halogens is 1. The number of rotatable bonds is 6. The monoisotopic (exact) mass is 397 g/mol. The Hall–Kier alpha value is -2.72. The van der Waals surface area contributed by atoms with Crippen LogP contribution in [-0.4, -0.2) is 5.91 Å². The number of hydrogen-bond donors (Lipinski definition) is 1. The Kier molecular flexibility index (Phi) is 6.10. The minimum atomic E-state index is -0.324. The minimum absolute atomic E-state index is 0.228. The number of carbonyl (C=O) groups is 1. The van der Waals surface area contributed by atoms with Crippen molar-refractivity contribution < 1.29 is 13.9 Å². The van der Waals surface area contributed by atoms with Gasteiger partial charge in [-0.2, -0.15) is 0 Å². The van der Waals surface area contributed by atoms with Gasteiger partial charge in [-0.25, -0.2) is 0 Å². The molecule has 1 amide bonds. The van der Waals surface area contributed by atoms with Crippen molar-refractivity contribution in [2.24, 2.45) is 0 Å². The van der Waals surface area contributed by atoms with Crippen LogP contribution in [0.4, 0.5) is 5.69 Å². The van der Waals surface area contributed by atoms with Crippen molar-refractivity contribution in [1.29, 1.82) is 0 Å². The van der Waals surface area contributed by atoms with Crippen molar-refractivity contribution in [2.45, 2.75) is 40.2 Å². The summed E-state index contributed by atoms with van der Waals surface area (Å²) in [5.74, 6) is 1.69. The molecule has 146 valence electrons. The van der Waals surface area contributed by atoms with Crippen LogP contribution >= 0.6 is 11.6 Å². The molecule has 0 radical (unpaired) electrons. The fourth-order valence-electron chi connectivity index (χ4n) is 2.90. The average molecular weight is 398 g/mol. The van der Waals surface area contributed by atoms with Gasteiger partial charge in [0, 0.05) is 10.7 Å². The summed E-state index contributed by atoms with van der Waals surface area (Å²) in [6, 6.07) is 15.0. The Morgan fingerprint density at radius 3 is 2.68 bits per heavy atom. The molecule has 0 unspecified atom stereocenters. The van der Waals surface area contributed by atoms with Gasteiger partial charge < -0.3 is 14.5 Å². The van der Waals surface area contributed by atoms with Crippen molar-refractivity contribution in [3.8, 4) is 5.75 Å². The number of carbonyl (C=O) groups excluding carboxylic acids is 1. The molecule has 0 aliphatic rings. The van der Waals surface area contributed by atoms with Crippen molar-refractivity contribution in [3.63, 3.8) is 0 Å². The number of hydrogen-bond acceptors (Lipinski definition) is 3. The average Bonchev–Trinajstić information content (AvgIpc) is 3.13. The van der Waals surface area contributed by atoms with Crippen LogP contribution in [0.15, 0.2) is 52.9 Å². The van der Waals surface area contributed by atoms with E-state index in [1.165, 1.54) is 0 Å². The highest BCUT2D eigenvalue weighted by Crippen LogP contribution is 2.28. The molecule has 0 fully saturated rings. The fourth-order valence-corrected chi connectivity index (χ4v) is 3.07. The van der Waals surface area contributed by atoms with Gasteiger partial charge in [0.15, 0.2) is 5.76 Å². The van der Waals surface area contributed by atoms with E-state index in [2.05, 4.69) is 31.3 Å². The molecule has 1 N–H and O–H groups in total. The van der Waals surface area contributed by atoms with E-state index in [9.17, 15) is 4.79 Å². The number of ether oxygens (including phenoxy) is 1. The summed E-state index contributed by atoms with van der Waals surface area (Å²) in [5, 5.41) is 3.43. The summed E-state index contributed by atoms with van der Waals surface area (Å²) in [6.07, 6.45) is 0. The van der Waals surface area contributed by atoms with Crippen LogP contribution in [-0.2, 0) is 6.61 Å². The highest BCUT2D eigenvalue weighted by molar-refractivity contribution is 6.31. The lowest BCUT2D eigenvalue weighted by molar-refractivity contribution is 0.0992. The number of furan rings is 1. The van der Waals surface area contributed by atoms with Crippen molar-refractivity contribution in [1.82, 2.24) is 0 Å². The second-order valence-corrected chi connectivity index (χ2v) is 7.52. The Morgan fingerprint density at radius 1 is 1.14 bits per heavy atom. The molecule has 0 aliphatic carbocycles. The zero-order chi connectivity index (χ0) is 20.3. The summed E-state index contributed by atoms with van der Waals surface area (Å²) in [6.45, 7) is 8.40. The lowest BCUT2D eigenvalue weighted by atomic mass is 10.0. The van der Waals surface area contributed by atoms with Crippen LogP contribution in [0.3, 0.4) is 0 Å². The van der Waals surface area contributed by atoms with E-state index in [1.54, 1.807) is 30.3 Å². The number of aryl methyl sites for hydroxylation is 1. The molecule has 0 bridgehead atoms. The van der Waals surface area contributed by atoms with E-state index >= 15 is 0 Å². The van der Waals surface area contributed by atoms with Crippen LogP contribution in [0.25, 0.3) is 0 Å². The van der Waals surface area contributed by atoms with Crippen LogP contribution in [0.2, 0.25) is 5.02 Å². The number of nitrogens with one attached hydrogen (secondary N) is 1. The molecular formula is C23H24ClNO3. The standard InChI is InChI=1S/C23H24ClNO3/c1-14(2)18-10-8-15(3)12-22(18)27-13-17-9-11-21(28-17)23(26)25-20-7-5-6-19(24)16(20)4/h5-12,14H,13H2,1-4H3,(H,25,26). The van der Waals surface area contributed by atoms with Gasteiger partial charge in [0.25, 0.3) is 5.91 Å². The molecule has 5 heteroatoms. The summed E-state index contributed by atoms with van der Waals surface area (Å²) >= 11 is 6.10. The minimum Gasteiger partial charge on any atom is -0.485 e. The van der Waals surface area contributed by atoms with Gasteiger partial charge >= 0.3 is 0 Å².